The number of benzene rings is 5. The van der Waals surface area contributed by atoms with Crippen LogP contribution in [0.3, 0.4) is 0 Å². The van der Waals surface area contributed by atoms with Crippen molar-refractivity contribution >= 4 is 21.9 Å². The van der Waals surface area contributed by atoms with Crippen molar-refractivity contribution < 1.29 is 49.5 Å². The topological polar surface area (TPSA) is 51.8 Å². The monoisotopic (exact) mass is 976 g/mol. The molecule has 296 valence electrons. The summed E-state index contributed by atoms with van der Waals surface area (Å²) in [6.07, 6.45) is -15.5. The first-order chi connectivity index (χ1) is 34.6. The van der Waals surface area contributed by atoms with Crippen LogP contribution >= 0.6 is 0 Å². The normalized spacial score (nSPS) is 16.6. The molecular weight excluding hydrogens is 918 g/mol. The number of furan rings is 1. The molecule has 0 unspecified atom stereocenters. The number of aromatic nitrogens is 3. The van der Waals surface area contributed by atoms with Crippen molar-refractivity contribution in [2.24, 2.45) is 0 Å². The summed E-state index contributed by atoms with van der Waals surface area (Å²) in [5.74, 6) is -2.61. The van der Waals surface area contributed by atoms with Gasteiger partial charge in [0, 0.05) is 47.8 Å². The summed E-state index contributed by atoms with van der Waals surface area (Å²) in [6, 6.07) is 35.7. The Labute approximate surface area is 386 Å². The summed E-state index contributed by atoms with van der Waals surface area (Å²) in [4.78, 5) is 13.2. The number of rotatable bonds is 13. The maximum Gasteiger partial charge on any atom is 3.00 e. The Balaban J connectivity index is 0.00000747. The molecule has 9 aromatic rings. The van der Waals surface area contributed by atoms with Gasteiger partial charge in [-0.15, -0.1) is 90.0 Å². The molecule has 4 nitrogen and oxygen atoms in total. The van der Waals surface area contributed by atoms with E-state index in [2.05, 4.69) is 33.2 Å². The summed E-state index contributed by atoms with van der Waals surface area (Å²) < 4.78 is 159. The van der Waals surface area contributed by atoms with Crippen LogP contribution < -0.4 is 0 Å². The van der Waals surface area contributed by atoms with E-state index in [1.54, 1.807) is 54.6 Å². The molecule has 5 aromatic carbocycles. The van der Waals surface area contributed by atoms with Gasteiger partial charge in [-0.05, 0) is 112 Å². The predicted octanol–water partition coefficient (Wildman–Crippen LogP) is 12.8. The second-order valence-corrected chi connectivity index (χ2v) is 13.7. The second-order valence-electron chi connectivity index (χ2n) is 13.7. The number of aryl methyl sites for hydroxylation is 6. The van der Waals surface area contributed by atoms with Gasteiger partial charge in [0.05, 0.1) is 8.32 Å². The zero-order chi connectivity index (χ0) is 53.6. The summed E-state index contributed by atoms with van der Waals surface area (Å²) >= 11 is 0. The van der Waals surface area contributed by atoms with Crippen molar-refractivity contribution in [2.75, 3.05) is 0 Å². The van der Waals surface area contributed by atoms with E-state index in [-0.39, 0.29) is 64.8 Å². The third kappa shape index (κ3) is 9.21. The number of hydrogen-bond acceptors (Lipinski definition) is 4. The molecule has 0 aliphatic carbocycles. The third-order valence-corrected chi connectivity index (χ3v) is 9.43. The maximum atomic E-state index is 14.6. The van der Waals surface area contributed by atoms with Gasteiger partial charge >= 0.3 is 20.1 Å². The number of halogens is 1. The van der Waals surface area contributed by atoms with Crippen LogP contribution in [-0.4, -0.2) is 15.0 Å². The van der Waals surface area contributed by atoms with Crippen molar-refractivity contribution in [1.29, 1.82) is 0 Å². The van der Waals surface area contributed by atoms with Gasteiger partial charge in [-0.3, -0.25) is 0 Å². The molecule has 0 radical (unpaired) electrons. The van der Waals surface area contributed by atoms with Gasteiger partial charge in [0.1, 0.15) is 11.4 Å². The number of nitrogens with zero attached hydrogens (tertiary/aromatic N) is 3. The van der Waals surface area contributed by atoms with Crippen molar-refractivity contribution in [3.05, 3.63) is 209 Å². The second kappa shape index (κ2) is 18.5. The molecule has 4 aromatic heterocycles. The van der Waals surface area contributed by atoms with E-state index < -0.39 is 78.7 Å². The average molecular weight is 976 g/mol. The molecule has 9 rings (SSSR count). The van der Waals surface area contributed by atoms with Crippen LogP contribution in [0.1, 0.15) is 79.2 Å². The summed E-state index contributed by atoms with van der Waals surface area (Å²) in [7, 11) is 0. The molecule has 60 heavy (non-hydrogen) atoms. The Bertz CT molecular complexity index is 3590. The van der Waals surface area contributed by atoms with Crippen LogP contribution in [0.25, 0.3) is 55.7 Å². The largest absolute Gasteiger partial charge is 3.00 e. The van der Waals surface area contributed by atoms with Crippen LogP contribution in [0.15, 0.2) is 150 Å². The Kier molecular flexibility index (Phi) is 8.06. The summed E-state index contributed by atoms with van der Waals surface area (Å²) in [6.45, 7) is 2.98. The molecule has 6 heteroatoms. The predicted molar refractivity (Wildman–Crippen MR) is 236 cm³/mol. The molecule has 0 aliphatic heterocycles. The first-order valence-electron chi connectivity index (χ1n) is 26.2. The Morgan fingerprint density at radius 3 is 1.83 bits per heavy atom. The van der Waals surface area contributed by atoms with Crippen LogP contribution in [0.2, 0.25) is 0 Å². The first-order valence-corrected chi connectivity index (χ1v) is 18.7. The van der Waals surface area contributed by atoms with E-state index in [9.17, 15) is 20.8 Å². The molecular formula is C54H43FIrN3O. The maximum absolute atomic E-state index is 14.6. The van der Waals surface area contributed by atoms with Crippen molar-refractivity contribution in [3.8, 4) is 33.8 Å². The van der Waals surface area contributed by atoms with E-state index in [1.165, 1.54) is 56.3 Å². The smallest absolute Gasteiger partial charge is 0.500 e. The number of pyridine rings is 3. The van der Waals surface area contributed by atoms with Crippen molar-refractivity contribution in [1.82, 2.24) is 15.0 Å². The van der Waals surface area contributed by atoms with Crippen molar-refractivity contribution in [2.45, 2.75) is 58.0 Å². The molecule has 0 atom stereocenters. The van der Waals surface area contributed by atoms with Gasteiger partial charge < -0.3 is 19.4 Å². The van der Waals surface area contributed by atoms with Gasteiger partial charge in [-0.25, -0.2) is 4.39 Å². The van der Waals surface area contributed by atoms with Gasteiger partial charge in [-0.1, -0.05) is 73.3 Å². The molecule has 4 heterocycles. The number of fused-ring (bicyclic) bond motifs is 3. The van der Waals surface area contributed by atoms with E-state index in [1.807, 2.05) is 0 Å². The van der Waals surface area contributed by atoms with E-state index in [0.29, 0.717) is 33.3 Å². The number of hydrogen-bond donors (Lipinski definition) is 0. The summed E-state index contributed by atoms with van der Waals surface area (Å²) in [5, 5.41) is 0.730. The first kappa shape index (κ1) is 26.2. The van der Waals surface area contributed by atoms with Gasteiger partial charge in [0.15, 0.2) is 0 Å². The minimum atomic E-state index is -3.24. The molecule has 0 N–H and O–H groups in total. The van der Waals surface area contributed by atoms with Gasteiger partial charge in [-0.2, -0.15) is 0 Å². The van der Waals surface area contributed by atoms with Crippen LogP contribution in [0.5, 0.6) is 0 Å². The average Bonchev–Trinajstić information content (AvgIpc) is 3.76. The quantitative estimate of drug-likeness (QED) is 0.108. The fraction of sp³-hybridized carbons (Fsp3) is 0.167. The fourth-order valence-corrected chi connectivity index (χ4v) is 6.52. The van der Waals surface area contributed by atoms with Crippen LogP contribution in [0, 0.1) is 24.0 Å². The Hall–Kier alpha value is -6.07. The molecule has 0 aliphatic rings. The molecule has 0 fully saturated rings. The zero-order valence-electron chi connectivity index (χ0n) is 47.2. The zero-order valence-corrected chi connectivity index (χ0v) is 34.6. The minimum absolute atomic E-state index is 0. The molecule has 0 bridgehead atoms. The van der Waals surface area contributed by atoms with Gasteiger partial charge in [0.2, 0.25) is 0 Å². The SMILES string of the molecule is [2H]c1cc2c(oc3c(-c4ccc(C([2H])([2H])C([2H])([2H])c5cc(C([2H])([2H])C([2H])([2H])c6ccc(-c7[c-]cccc7)nc6)cc(C([2H])([2H])C([2H])([2H])c6cnc(-c7[c-]cccc7)cc6C([2H])(C)C)c5)cn4)[c-]ccc32)c([2H])c1F.[Ir+3]. The van der Waals surface area contributed by atoms with Crippen molar-refractivity contribution in [3.63, 3.8) is 0 Å². The molecule has 0 spiro atoms. The molecule has 0 saturated heterocycles. The van der Waals surface area contributed by atoms with E-state index in [4.69, 9.17) is 8.53 Å². The molecule has 0 amide bonds. The minimum Gasteiger partial charge on any atom is -0.500 e. The Morgan fingerprint density at radius 2 is 1.23 bits per heavy atom. The van der Waals surface area contributed by atoms with E-state index in [0.717, 1.165) is 36.8 Å². The van der Waals surface area contributed by atoms with Crippen LogP contribution in [0.4, 0.5) is 4.39 Å². The third-order valence-electron chi connectivity index (χ3n) is 9.43. The standard InChI is InChI=1S/C54H43FN3O.Ir/c1-36(2)49-32-52(43-12-7-4-8-13-43)58-35-44(49)23-20-41-29-39(18-16-37-21-26-50(56-33-37)42-10-5-3-6-11-42)28-40(30-41)19-17-38-22-27-51(57-34-38)48-15-9-14-47-46-25-24-45(55)31-53(46)59-54(47)48;/h3-10,12,14,21-22,24-36H,16-20,23H2,1-2H3;/q-3;+3/i16D2,17D2,18D2,19D2,20D2,23D2,24D,31D,36D;. The van der Waals surface area contributed by atoms with E-state index >= 15 is 0 Å². The van der Waals surface area contributed by atoms with Crippen LogP contribution in [-0.2, 0) is 58.3 Å². The summed E-state index contributed by atoms with van der Waals surface area (Å²) in [5.41, 5.74) is -0.597. The molecule has 0 saturated carbocycles. The Morgan fingerprint density at radius 1 is 0.633 bits per heavy atom. The fourth-order valence-electron chi connectivity index (χ4n) is 6.52. The van der Waals surface area contributed by atoms with Gasteiger partial charge in [0.25, 0.3) is 0 Å².